The van der Waals surface area contributed by atoms with Gasteiger partial charge in [-0.05, 0) is 46.2 Å². The second-order valence-electron chi connectivity index (χ2n) is 9.52. The number of piperazine rings is 1. The molecule has 0 aromatic heterocycles. The molecule has 0 bridgehead atoms. The molecular weight excluding hydrogens is 383 g/mol. The van der Waals surface area contributed by atoms with E-state index >= 15 is 0 Å². The minimum Gasteiger partial charge on any atom is -0.460 e. The Morgan fingerprint density at radius 3 is 2.23 bits per heavy atom. The molecule has 1 amide bonds. The third-order valence-corrected chi connectivity index (χ3v) is 5.59. The lowest BCUT2D eigenvalue weighted by molar-refractivity contribution is -0.170. The van der Waals surface area contributed by atoms with Crippen molar-refractivity contribution in [1.82, 2.24) is 4.90 Å². The van der Waals surface area contributed by atoms with Gasteiger partial charge in [0, 0.05) is 32.6 Å². The van der Waals surface area contributed by atoms with Crippen LogP contribution in [0.25, 0.3) is 0 Å². The number of hydrogen-bond acceptors (Lipinski definition) is 4. The molecule has 1 unspecified atom stereocenters. The van der Waals surface area contributed by atoms with Gasteiger partial charge in [-0.2, -0.15) is 0 Å². The topological polar surface area (TPSA) is 49.9 Å². The number of benzene rings is 1. The van der Waals surface area contributed by atoms with E-state index < -0.39 is 11.0 Å². The highest BCUT2D eigenvalue weighted by Gasteiger charge is 2.40. The van der Waals surface area contributed by atoms with Crippen molar-refractivity contribution < 1.29 is 18.7 Å². The summed E-state index contributed by atoms with van der Waals surface area (Å²) in [5, 5.41) is 0. The zero-order chi connectivity index (χ0) is 22.4. The highest BCUT2D eigenvalue weighted by atomic mass is 19.1. The number of esters is 1. The number of carbonyl (C=O) groups is 2. The van der Waals surface area contributed by atoms with Gasteiger partial charge in [0.1, 0.15) is 11.4 Å². The summed E-state index contributed by atoms with van der Waals surface area (Å²) < 4.78 is 19.7. The van der Waals surface area contributed by atoms with Crippen LogP contribution in [0.5, 0.6) is 0 Å². The second kappa shape index (κ2) is 10.3. The molecule has 1 fully saturated rings. The van der Waals surface area contributed by atoms with Crippen LogP contribution in [0.3, 0.4) is 0 Å². The molecule has 0 radical (unpaired) electrons. The van der Waals surface area contributed by atoms with Crippen LogP contribution in [0.2, 0.25) is 0 Å². The molecule has 0 spiro atoms. The largest absolute Gasteiger partial charge is 0.460 e. The van der Waals surface area contributed by atoms with Gasteiger partial charge < -0.3 is 14.5 Å². The first kappa shape index (κ1) is 24.2. The number of para-hydroxylation sites is 1. The summed E-state index contributed by atoms with van der Waals surface area (Å²) in [6, 6.07) is 6.71. The molecule has 1 heterocycles. The molecule has 1 atom stereocenters. The van der Waals surface area contributed by atoms with Gasteiger partial charge in [-0.3, -0.25) is 9.59 Å². The number of nitrogens with zero attached hydrogens (tertiary/aromatic N) is 2. The van der Waals surface area contributed by atoms with Crippen LogP contribution in [0, 0.1) is 11.2 Å². The fraction of sp³-hybridized carbons (Fsp3) is 0.667. The van der Waals surface area contributed by atoms with Gasteiger partial charge in [0.25, 0.3) is 0 Å². The molecule has 168 valence electrons. The van der Waals surface area contributed by atoms with Gasteiger partial charge in [0.2, 0.25) is 5.91 Å². The fourth-order valence-electron chi connectivity index (χ4n) is 3.78. The fourth-order valence-corrected chi connectivity index (χ4v) is 3.78. The summed E-state index contributed by atoms with van der Waals surface area (Å²) in [6.45, 7) is 11.7. The van der Waals surface area contributed by atoms with E-state index in [2.05, 4.69) is 6.92 Å². The van der Waals surface area contributed by atoms with E-state index in [0.717, 1.165) is 19.3 Å². The SMILES string of the molecule is CCCCCC(C)(CC(=O)N1CCN(c2ccccc2F)CC1)C(=O)OC(C)(C)C. The Labute approximate surface area is 180 Å². The molecule has 1 aromatic rings. The number of carbonyl (C=O) groups excluding carboxylic acids is 2. The Kier molecular flexibility index (Phi) is 8.27. The van der Waals surface area contributed by atoms with Gasteiger partial charge in [-0.1, -0.05) is 38.3 Å². The van der Waals surface area contributed by atoms with Crippen LogP contribution in [0.4, 0.5) is 10.1 Å². The van der Waals surface area contributed by atoms with Crippen molar-refractivity contribution in [1.29, 1.82) is 0 Å². The summed E-state index contributed by atoms with van der Waals surface area (Å²) in [4.78, 5) is 29.7. The van der Waals surface area contributed by atoms with Gasteiger partial charge in [0.15, 0.2) is 0 Å². The normalized spacial score (nSPS) is 16.9. The number of ether oxygens (including phenoxy) is 1. The van der Waals surface area contributed by atoms with Crippen molar-refractivity contribution in [3.63, 3.8) is 0 Å². The molecular formula is C24H37FN2O3. The number of rotatable bonds is 8. The summed E-state index contributed by atoms with van der Waals surface area (Å²) >= 11 is 0. The van der Waals surface area contributed by atoms with Gasteiger partial charge in [-0.15, -0.1) is 0 Å². The van der Waals surface area contributed by atoms with Crippen molar-refractivity contribution in [2.75, 3.05) is 31.1 Å². The molecule has 1 aromatic carbocycles. The van der Waals surface area contributed by atoms with Crippen molar-refractivity contribution in [3.8, 4) is 0 Å². The van der Waals surface area contributed by atoms with E-state index in [-0.39, 0.29) is 24.1 Å². The van der Waals surface area contributed by atoms with Crippen LogP contribution < -0.4 is 4.90 Å². The van der Waals surface area contributed by atoms with Crippen molar-refractivity contribution in [2.24, 2.45) is 5.41 Å². The van der Waals surface area contributed by atoms with Gasteiger partial charge >= 0.3 is 5.97 Å². The predicted molar refractivity (Wildman–Crippen MR) is 118 cm³/mol. The predicted octanol–water partition coefficient (Wildman–Crippen LogP) is 4.79. The summed E-state index contributed by atoms with van der Waals surface area (Å²) in [7, 11) is 0. The number of amides is 1. The highest BCUT2D eigenvalue weighted by Crippen LogP contribution is 2.33. The first-order chi connectivity index (χ1) is 14.1. The first-order valence-corrected chi connectivity index (χ1v) is 11.1. The number of anilines is 1. The molecule has 2 rings (SSSR count). The molecule has 0 saturated carbocycles. The summed E-state index contributed by atoms with van der Waals surface area (Å²) in [5.74, 6) is -0.580. The van der Waals surface area contributed by atoms with Gasteiger partial charge in [0.05, 0.1) is 11.1 Å². The molecule has 0 aliphatic carbocycles. The molecule has 5 nitrogen and oxygen atoms in total. The lowest BCUT2D eigenvalue weighted by atomic mass is 9.80. The maximum absolute atomic E-state index is 14.1. The lowest BCUT2D eigenvalue weighted by Gasteiger charge is -2.38. The molecule has 6 heteroatoms. The van der Waals surface area contributed by atoms with Crippen LogP contribution in [-0.4, -0.2) is 48.6 Å². The molecule has 1 aliphatic rings. The van der Waals surface area contributed by atoms with Crippen LogP contribution in [0.15, 0.2) is 24.3 Å². The Bertz CT molecular complexity index is 723. The molecule has 1 saturated heterocycles. The zero-order valence-corrected chi connectivity index (χ0v) is 19.2. The zero-order valence-electron chi connectivity index (χ0n) is 19.2. The van der Waals surface area contributed by atoms with E-state index in [1.54, 1.807) is 17.0 Å². The minimum atomic E-state index is -0.831. The average molecular weight is 421 g/mol. The van der Waals surface area contributed by atoms with Crippen LogP contribution in [-0.2, 0) is 14.3 Å². The van der Waals surface area contributed by atoms with Crippen LogP contribution in [0.1, 0.15) is 66.7 Å². The van der Waals surface area contributed by atoms with E-state index in [1.807, 2.05) is 38.7 Å². The summed E-state index contributed by atoms with van der Waals surface area (Å²) in [6.07, 6.45) is 3.74. The van der Waals surface area contributed by atoms with Crippen molar-refractivity contribution >= 4 is 17.6 Å². The number of halogens is 1. The van der Waals surface area contributed by atoms with E-state index in [0.29, 0.717) is 38.3 Å². The summed E-state index contributed by atoms with van der Waals surface area (Å²) in [5.41, 5.74) is -0.845. The van der Waals surface area contributed by atoms with E-state index in [4.69, 9.17) is 4.74 Å². The third-order valence-electron chi connectivity index (χ3n) is 5.59. The quantitative estimate of drug-likeness (QED) is 0.448. The monoisotopic (exact) mass is 420 g/mol. The average Bonchev–Trinajstić information content (AvgIpc) is 2.67. The van der Waals surface area contributed by atoms with Crippen LogP contribution >= 0.6 is 0 Å². The number of hydrogen-bond donors (Lipinski definition) is 0. The molecule has 30 heavy (non-hydrogen) atoms. The Balaban J connectivity index is 2.01. The maximum Gasteiger partial charge on any atom is 0.312 e. The maximum atomic E-state index is 14.1. The second-order valence-corrected chi connectivity index (χ2v) is 9.52. The standard InChI is InChI=1S/C24H37FN2O3/c1-6-7-10-13-24(5,22(29)30-23(2,3)4)18-21(28)27-16-14-26(15-17-27)20-12-9-8-11-19(20)25/h8-9,11-12H,6-7,10,13-18H2,1-5H3. The van der Waals surface area contributed by atoms with E-state index in [1.165, 1.54) is 6.07 Å². The molecule has 1 aliphatic heterocycles. The smallest absolute Gasteiger partial charge is 0.312 e. The first-order valence-electron chi connectivity index (χ1n) is 11.1. The highest BCUT2D eigenvalue weighted by molar-refractivity contribution is 5.86. The number of unbranched alkanes of at least 4 members (excludes halogenated alkanes) is 2. The van der Waals surface area contributed by atoms with E-state index in [9.17, 15) is 14.0 Å². The van der Waals surface area contributed by atoms with Crippen molar-refractivity contribution in [3.05, 3.63) is 30.1 Å². The lowest BCUT2D eigenvalue weighted by Crippen LogP contribution is -2.50. The molecule has 0 N–H and O–H groups in total. The Morgan fingerprint density at radius 2 is 1.67 bits per heavy atom. The Hall–Kier alpha value is -2.11. The Morgan fingerprint density at radius 1 is 1.03 bits per heavy atom. The third kappa shape index (κ3) is 6.71. The minimum absolute atomic E-state index is 0.0342. The van der Waals surface area contributed by atoms with Crippen molar-refractivity contribution in [2.45, 2.75) is 72.3 Å². The van der Waals surface area contributed by atoms with Gasteiger partial charge in [-0.25, -0.2) is 4.39 Å².